The van der Waals surface area contributed by atoms with Crippen molar-refractivity contribution in [3.8, 4) is 0 Å². The Labute approximate surface area is 179 Å². The van der Waals surface area contributed by atoms with Gasteiger partial charge in [0.15, 0.2) is 0 Å². The van der Waals surface area contributed by atoms with Crippen LogP contribution in [-0.4, -0.2) is 5.91 Å². The number of carbonyl (C=O) groups excluding carboxylic acids is 1. The van der Waals surface area contributed by atoms with Gasteiger partial charge in [-0.1, -0.05) is 66.2 Å². The van der Waals surface area contributed by atoms with Crippen LogP contribution < -0.4 is 5.32 Å². The Bertz CT molecular complexity index is 1120. The number of benzene rings is 4. The number of nitrogens with one attached hydrogen (secondary N) is 1. The summed E-state index contributed by atoms with van der Waals surface area (Å²) in [6.45, 7) is 0.508. The van der Waals surface area contributed by atoms with Gasteiger partial charge in [0, 0.05) is 27.8 Å². The van der Waals surface area contributed by atoms with Gasteiger partial charge < -0.3 is 5.32 Å². The van der Waals surface area contributed by atoms with E-state index in [1.54, 1.807) is 11.8 Å². The molecule has 0 radical (unpaired) electrons. The summed E-state index contributed by atoms with van der Waals surface area (Å²) in [5, 5.41) is 6.13. The van der Waals surface area contributed by atoms with Gasteiger partial charge in [0.1, 0.15) is 0 Å². The number of thioether (sulfide) groups is 1. The van der Waals surface area contributed by atoms with E-state index in [9.17, 15) is 4.79 Å². The fourth-order valence-corrected chi connectivity index (χ4v) is 4.15. The van der Waals surface area contributed by atoms with Gasteiger partial charge in [-0.2, -0.15) is 0 Å². The van der Waals surface area contributed by atoms with Crippen LogP contribution in [0.2, 0.25) is 5.02 Å². The predicted octanol–water partition coefficient (Wildman–Crippen LogP) is 6.72. The first-order chi connectivity index (χ1) is 14.2. The molecule has 1 N–H and O–H groups in total. The maximum absolute atomic E-state index is 12.5. The molecule has 0 heterocycles. The number of fused-ring (bicyclic) bond motifs is 1. The van der Waals surface area contributed by atoms with Crippen molar-refractivity contribution in [3.63, 3.8) is 0 Å². The highest BCUT2D eigenvalue weighted by Gasteiger charge is 2.07. The number of rotatable bonds is 6. The molecule has 4 aromatic carbocycles. The van der Waals surface area contributed by atoms with E-state index in [0.29, 0.717) is 12.1 Å². The van der Waals surface area contributed by atoms with Crippen LogP contribution in [0, 0.1) is 0 Å². The third kappa shape index (κ3) is 5.00. The second-order valence-corrected chi connectivity index (χ2v) is 8.25. The van der Waals surface area contributed by atoms with Gasteiger partial charge in [0.2, 0.25) is 0 Å². The fraction of sp³-hybridized carbons (Fsp3) is 0.0800. The zero-order valence-electron chi connectivity index (χ0n) is 15.8. The van der Waals surface area contributed by atoms with Crippen LogP contribution in [0.3, 0.4) is 0 Å². The van der Waals surface area contributed by atoms with Gasteiger partial charge in [-0.3, -0.25) is 4.79 Å². The minimum Gasteiger partial charge on any atom is -0.348 e. The van der Waals surface area contributed by atoms with E-state index in [0.717, 1.165) is 16.3 Å². The molecule has 0 atom stereocenters. The van der Waals surface area contributed by atoms with E-state index in [2.05, 4.69) is 29.6 Å². The molecule has 1 amide bonds. The molecule has 29 heavy (non-hydrogen) atoms. The zero-order chi connectivity index (χ0) is 20.1. The van der Waals surface area contributed by atoms with Gasteiger partial charge in [-0.25, -0.2) is 0 Å². The molecule has 2 nitrogen and oxygen atoms in total. The lowest BCUT2D eigenvalue weighted by molar-refractivity contribution is 0.0951. The molecule has 0 aromatic heterocycles. The Morgan fingerprint density at radius 3 is 2.34 bits per heavy atom. The Balaban J connectivity index is 1.36. The largest absolute Gasteiger partial charge is 0.348 e. The highest BCUT2D eigenvalue weighted by Crippen LogP contribution is 2.24. The zero-order valence-corrected chi connectivity index (χ0v) is 17.3. The van der Waals surface area contributed by atoms with Gasteiger partial charge in [0.05, 0.1) is 0 Å². The van der Waals surface area contributed by atoms with E-state index in [4.69, 9.17) is 11.6 Å². The first-order valence-corrected chi connectivity index (χ1v) is 10.8. The molecule has 144 valence electrons. The Morgan fingerprint density at radius 2 is 1.55 bits per heavy atom. The molecule has 0 aliphatic carbocycles. The summed E-state index contributed by atoms with van der Waals surface area (Å²) in [5.41, 5.74) is 2.97. The summed E-state index contributed by atoms with van der Waals surface area (Å²) < 4.78 is 0. The van der Waals surface area contributed by atoms with Crippen LogP contribution in [0.25, 0.3) is 10.8 Å². The highest BCUT2D eigenvalue weighted by molar-refractivity contribution is 7.98. The summed E-state index contributed by atoms with van der Waals surface area (Å²) >= 11 is 7.67. The lowest BCUT2D eigenvalue weighted by Crippen LogP contribution is -2.22. The van der Waals surface area contributed by atoms with Crippen LogP contribution in [0.5, 0.6) is 0 Å². The third-order valence-electron chi connectivity index (χ3n) is 4.75. The predicted molar refractivity (Wildman–Crippen MR) is 123 cm³/mol. The van der Waals surface area contributed by atoms with Crippen molar-refractivity contribution in [2.75, 3.05) is 0 Å². The topological polar surface area (TPSA) is 29.1 Å². The van der Waals surface area contributed by atoms with Crippen LogP contribution in [0.1, 0.15) is 21.5 Å². The summed E-state index contributed by atoms with van der Waals surface area (Å²) in [6.07, 6.45) is 0. The first-order valence-electron chi connectivity index (χ1n) is 9.41. The maximum atomic E-state index is 12.5. The van der Waals surface area contributed by atoms with Gasteiger partial charge >= 0.3 is 0 Å². The number of hydrogen-bond acceptors (Lipinski definition) is 2. The monoisotopic (exact) mass is 417 g/mol. The molecule has 0 unspecified atom stereocenters. The average molecular weight is 418 g/mol. The summed E-state index contributed by atoms with van der Waals surface area (Å²) in [5.74, 6) is 0.786. The lowest BCUT2D eigenvalue weighted by Gasteiger charge is -2.09. The molecule has 0 saturated heterocycles. The van der Waals surface area contributed by atoms with Crippen molar-refractivity contribution in [2.45, 2.75) is 17.2 Å². The second-order valence-electron chi connectivity index (χ2n) is 6.76. The van der Waals surface area contributed by atoms with Crippen LogP contribution in [0.15, 0.2) is 95.9 Å². The Kier molecular flexibility index (Phi) is 6.18. The molecule has 0 saturated carbocycles. The van der Waals surface area contributed by atoms with E-state index in [1.165, 1.54) is 21.2 Å². The number of hydrogen-bond donors (Lipinski definition) is 1. The Hall–Kier alpha value is -2.75. The van der Waals surface area contributed by atoms with E-state index >= 15 is 0 Å². The minimum absolute atomic E-state index is 0.0603. The third-order valence-corrected chi connectivity index (χ3v) is 6.09. The summed E-state index contributed by atoms with van der Waals surface area (Å²) in [6, 6.07) is 30.0. The van der Waals surface area contributed by atoms with Crippen molar-refractivity contribution in [2.24, 2.45) is 0 Å². The molecule has 4 heteroatoms. The number of carbonyl (C=O) groups is 1. The molecular formula is C25H20ClNOS. The molecule has 0 aliphatic rings. The first kappa shape index (κ1) is 19.6. The van der Waals surface area contributed by atoms with E-state index < -0.39 is 0 Å². The summed E-state index contributed by atoms with van der Waals surface area (Å²) in [7, 11) is 0. The van der Waals surface area contributed by atoms with E-state index in [-0.39, 0.29) is 5.91 Å². The molecule has 0 spiro atoms. The van der Waals surface area contributed by atoms with Crippen molar-refractivity contribution in [1.82, 2.24) is 5.32 Å². The highest BCUT2D eigenvalue weighted by atomic mass is 35.5. The van der Waals surface area contributed by atoms with E-state index in [1.807, 2.05) is 66.7 Å². The molecule has 0 aliphatic heterocycles. The van der Waals surface area contributed by atoms with Crippen molar-refractivity contribution < 1.29 is 4.79 Å². The standard InChI is InChI=1S/C25H20ClNOS/c26-22-12-14-23(15-13-22)29-17-18-8-10-20(11-9-18)25(28)27-16-21-6-3-5-19-4-1-2-7-24(19)21/h1-15H,16-17H2,(H,27,28). The van der Waals surface area contributed by atoms with Gasteiger partial charge in [-0.05, 0) is 58.3 Å². The smallest absolute Gasteiger partial charge is 0.251 e. The number of halogens is 1. The van der Waals surface area contributed by atoms with Crippen LogP contribution in [-0.2, 0) is 12.3 Å². The lowest BCUT2D eigenvalue weighted by atomic mass is 10.0. The molecule has 0 bridgehead atoms. The van der Waals surface area contributed by atoms with Gasteiger partial charge in [-0.15, -0.1) is 11.8 Å². The molecule has 4 rings (SSSR count). The fourth-order valence-electron chi connectivity index (χ4n) is 3.17. The normalized spacial score (nSPS) is 10.8. The molecule has 0 fully saturated rings. The molecular weight excluding hydrogens is 398 g/mol. The Morgan fingerprint density at radius 1 is 0.828 bits per heavy atom. The van der Waals surface area contributed by atoms with Crippen molar-refractivity contribution in [3.05, 3.63) is 113 Å². The molecule has 4 aromatic rings. The average Bonchev–Trinajstić information content (AvgIpc) is 2.77. The van der Waals surface area contributed by atoms with Gasteiger partial charge in [0.25, 0.3) is 5.91 Å². The quantitative estimate of drug-likeness (QED) is 0.353. The minimum atomic E-state index is -0.0603. The SMILES string of the molecule is O=C(NCc1cccc2ccccc12)c1ccc(CSc2ccc(Cl)cc2)cc1. The van der Waals surface area contributed by atoms with Crippen LogP contribution in [0.4, 0.5) is 0 Å². The number of amides is 1. The summed E-state index contributed by atoms with van der Waals surface area (Å²) in [4.78, 5) is 13.7. The van der Waals surface area contributed by atoms with Crippen LogP contribution >= 0.6 is 23.4 Å². The second kappa shape index (κ2) is 9.17. The van der Waals surface area contributed by atoms with Crippen molar-refractivity contribution in [1.29, 1.82) is 0 Å². The maximum Gasteiger partial charge on any atom is 0.251 e. The van der Waals surface area contributed by atoms with Crippen molar-refractivity contribution >= 4 is 40.0 Å².